The third kappa shape index (κ3) is 3.73. The first kappa shape index (κ1) is 16.9. The van der Waals surface area contributed by atoms with Crippen molar-refractivity contribution in [3.05, 3.63) is 17.3 Å². The number of rotatable bonds is 5. The van der Waals surface area contributed by atoms with Gasteiger partial charge in [-0.15, -0.1) is 0 Å². The monoisotopic (exact) mass is 329 g/mol. The molecule has 0 saturated carbocycles. The smallest absolute Gasteiger partial charge is 0.226 e. The number of nitrogens with zero attached hydrogens (tertiary/aromatic N) is 4. The fourth-order valence-corrected chi connectivity index (χ4v) is 3.20. The molecule has 3 heterocycles. The Morgan fingerprint density at radius 2 is 1.96 bits per heavy atom. The van der Waals surface area contributed by atoms with Crippen LogP contribution in [0.15, 0.2) is 6.07 Å². The number of hydrogen-bond donors (Lipinski definition) is 3. The SMILES string of the molecule is Cc1cc(C)c2c(NCCN)nc(NC3CCN(C)CC3)nc2n1. The van der Waals surface area contributed by atoms with Gasteiger partial charge in [-0.05, 0) is 58.5 Å². The van der Waals surface area contributed by atoms with Gasteiger partial charge in [0.15, 0.2) is 5.65 Å². The van der Waals surface area contributed by atoms with Crippen LogP contribution < -0.4 is 16.4 Å². The number of fused-ring (bicyclic) bond motifs is 1. The van der Waals surface area contributed by atoms with E-state index >= 15 is 0 Å². The van der Waals surface area contributed by atoms with Crippen LogP contribution in [-0.2, 0) is 0 Å². The summed E-state index contributed by atoms with van der Waals surface area (Å²) in [6, 6.07) is 2.47. The summed E-state index contributed by atoms with van der Waals surface area (Å²) in [6.07, 6.45) is 2.20. The van der Waals surface area contributed by atoms with Crippen LogP contribution >= 0.6 is 0 Å². The topological polar surface area (TPSA) is 92.0 Å². The molecule has 7 heteroatoms. The first-order valence-electron chi connectivity index (χ1n) is 8.62. The van der Waals surface area contributed by atoms with Gasteiger partial charge in [-0.1, -0.05) is 0 Å². The van der Waals surface area contributed by atoms with E-state index in [0.29, 0.717) is 25.1 Å². The zero-order valence-electron chi connectivity index (χ0n) is 14.8. The first-order chi connectivity index (χ1) is 11.6. The Labute approximate surface area is 143 Å². The molecule has 130 valence electrons. The lowest BCUT2D eigenvalue weighted by Gasteiger charge is -2.29. The molecule has 0 radical (unpaired) electrons. The highest BCUT2D eigenvalue weighted by atomic mass is 15.2. The third-order valence-corrected chi connectivity index (χ3v) is 4.48. The van der Waals surface area contributed by atoms with Gasteiger partial charge in [-0.2, -0.15) is 9.97 Å². The quantitative estimate of drug-likeness (QED) is 0.766. The lowest BCUT2D eigenvalue weighted by atomic mass is 10.1. The Balaban J connectivity index is 1.93. The third-order valence-electron chi connectivity index (χ3n) is 4.48. The highest BCUT2D eigenvalue weighted by Gasteiger charge is 2.19. The van der Waals surface area contributed by atoms with Crippen molar-refractivity contribution in [2.75, 3.05) is 43.9 Å². The van der Waals surface area contributed by atoms with Crippen LogP contribution in [0.2, 0.25) is 0 Å². The summed E-state index contributed by atoms with van der Waals surface area (Å²) in [5, 5.41) is 7.78. The molecule has 1 aliphatic heterocycles. The van der Waals surface area contributed by atoms with E-state index in [1.165, 1.54) is 0 Å². The maximum atomic E-state index is 5.64. The largest absolute Gasteiger partial charge is 0.368 e. The number of piperidine rings is 1. The molecular formula is C17H27N7. The van der Waals surface area contributed by atoms with E-state index in [-0.39, 0.29) is 0 Å². The molecule has 7 nitrogen and oxygen atoms in total. The number of aryl methyl sites for hydroxylation is 2. The van der Waals surface area contributed by atoms with E-state index in [4.69, 9.17) is 10.7 Å². The van der Waals surface area contributed by atoms with Crippen molar-refractivity contribution < 1.29 is 0 Å². The van der Waals surface area contributed by atoms with Gasteiger partial charge >= 0.3 is 0 Å². The van der Waals surface area contributed by atoms with Crippen LogP contribution in [0.3, 0.4) is 0 Å². The number of aromatic nitrogens is 3. The second-order valence-corrected chi connectivity index (χ2v) is 6.61. The zero-order chi connectivity index (χ0) is 17.1. The molecule has 0 unspecified atom stereocenters. The second kappa shape index (κ2) is 7.27. The van der Waals surface area contributed by atoms with Crippen LogP contribution in [-0.4, -0.2) is 59.1 Å². The standard InChI is InChI=1S/C17H27N7/c1-11-10-12(2)20-16-14(11)15(19-7-6-18)22-17(23-16)21-13-4-8-24(3)9-5-13/h10,13H,4-9,18H2,1-3H3,(H2,19,20,21,22,23). The number of anilines is 2. The summed E-state index contributed by atoms with van der Waals surface area (Å²) in [5.74, 6) is 1.46. The Hall–Kier alpha value is -1.99. The molecule has 1 aliphatic rings. The summed E-state index contributed by atoms with van der Waals surface area (Å²) >= 11 is 0. The molecule has 0 aromatic carbocycles. The molecule has 1 fully saturated rings. The number of likely N-dealkylation sites (tertiary alicyclic amines) is 1. The number of nitrogens with two attached hydrogens (primary N) is 1. The fourth-order valence-electron chi connectivity index (χ4n) is 3.20. The van der Waals surface area contributed by atoms with Crippen molar-refractivity contribution in [3.63, 3.8) is 0 Å². The van der Waals surface area contributed by atoms with Crippen molar-refractivity contribution >= 4 is 22.8 Å². The minimum Gasteiger partial charge on any atom is -0.368 e. The summed E-state index contributed by atoms with van der Waals surface area (Å²) in [5.41, 5.74) is 8.47. The first-order valence-corrected chi connectivity index (χ1v) is 8.62. The van der Waals surface area contributed by atoms with Crippen LogP contribution in [0.4, 0.5) is 11.8 Å². The highest BCUT2D eigenvalue weighted by Crippen LogP contribution is 2.25. The minimum absolute atomic E-state index is 0.409. The normalized spacial score (nSPS) is 16.5. The summed E-state index contributed by atoms with van der Waals surface area (Å²) < 4.78 is 0. The molecule has 4 N–H and O–H groups in total. The van der Waals surface area contributed by atoms with Crippen molar-refractivity contribution in [1.82, 2.24) is 19.9 Å². The summed E-state index contributed by atoms with van der Waals surface area (Å²) in [7, 11) is 2.16. The lowest BCUT2D eigenvalue weighted by molar-refractivity contribution is 0.263. The van der Waals surface area contributed by atoms with E-state index < -0.39 is 0 Å². The Morgan fingerprint density at radius 1 is 1.21 bits per heavy atom. The van der Waals surface area contributed by atoms with Gasteiger partial charge in [0.1, 0.15) is 5.82 Å². The van der Waals surface area contributed by atoms with Gasteiger partial charge in [0.2, 0.25) is 5.95 Å². The predicted molar refractivity (Wildman–Crippen MR) is 98.5 cm³/mol. The minimum atomic E-state index is 0.409. The van der Waals surface area contributed by atoms with Gasteiger partial charge in [0, 0.05) is 24.8 Å². The molecule has 2 aromatic rings. The predicted octanol–water partition coefficient (Wildman–Crippen LogP) is 1.52. The van der Waals surface area contributed by atoms with Crippen molar-refractivity contribution in [2.24, 2.45) is 5.73 Å². The van der Waals surface area contributed by atoms with Crippen molar-refractivity contribution in [2.45, 2.75) is 32.7 Å². The van der Waals surface area contributed by atoms with Crippen LogP contribution in [0.25, 0.3) is 11.0 Å². The Bertz CT molecular complexity index is 708. The number of hydrogen-bond acceptors (Lipinski definition) is 7. The van der Waals surface area contributed by atoms with E-state index in [0.717, 1.165) is 54.0 Å². The van der Waals surface area contributed by atoms with Crippen LogP contribution in [0.5, 0.6) is 0 Å². The molecule has 0 bridgehead atoms. The molecule has 0 spiro atoms. The molecule has 0 atom stereocenters. The average molecular weight is 329 g/mol. The number of pyridine rings is 1. The molecule has 2 aromatic heterocycles. The second-order valence-electron chi connectivity index (χ2n) is 6.61. The summed E-state index contributed by atoms with van der Waals surface area (Å²) in [4.78, 5) is 16.3. The summed E-state index contributed by atoms with van der Waals surface area (Å²) in [6.45, 7) is 7.48. The fraction of sp³-hybridized carbons (Fsp3) is 0.588. The maximum absolute atomic E-state index is 5.64. The van der Waals surface area contributed by atoms with Gasteiger partial charge in [0.05, 0.1) is 5.39 Å². The maximum Gasteiger partial charge on any atom is 0.226 e. The molecular weight excluding hydrogens is 302 g/mol. The lowest BCUT2D eigenvalue weighted by Crippen LogP contribution is -2.37. The highest BCUT2D eigenvalue weighted by molar-refractivity contribution is 5.90. The van der Waals surface area contributed by atoms with Crippen LogP contribution in [0.1, 0.15) is 24.1 Å². The Morgan fingerprint density at radius 3 is 2.67 bits per heavy atom. The molecule has 24 heavy (non-hydrogen) atoms. The van der Waals surface area contributed by atoms with Gasteiger partial charge in [-0.3, -0.25) is 0 Å². The molecule has 1 saturated heterocycles. The van der Waals surface area contributed by atoms with E-state index in [1.807, 2.05) is 6.92 Å². The van der Waals surface area contributed by atoms with Crippen LogP contribution in [0, 0.1) is 13.8 Å². The van der Waals surface area contributed by atoms with E-state index in [2.05, 4.69) is 45.5 Å². The average Bonchev–Trinajstić information content (AvgIpc) is 2.54. The van der Waals surface area contributed by atoms with Gasteiger partial charge in [-0.25, -0.2) is 4.98 Å². The van der Waals surface area contributed by atoms with Crippen molar-refractivity contribution in [3.8, 4) is 0 Å². The van der Waals surface area contributed by atoms with E-state index in [9.17, 15) is 0 Å². The zero-order valence-corrected chi connectivity index (χ0v) is 14.8. The molecule has 3 rings (SSSR count). The molecule has 0 amide bonds. The van der Waals surface area contributed by atoms with E-state index in [1.54, 1.807) is 0 Å². The van der Waals surface area contributed by atoms with Crippen molar-refractivity contribution in [1.29, 1.82) is 0 Å². The van der Waals surface area contributed by atoms with Gasteiger partial charge < -0.3 is 21.3 Å². The van der Waals surface area contributed by atoms with Gasteiger partial charge in [0.25, 0.3) is 0 Å². The number of nitrogens with one attached hydrogen (secondary N) is 2. The molecule has 0 aliphatic carbocycles. The Kier molecular flexibility index (Phi) is 5.11.